The molecule has 0 saturated heterocycles. The van der Waals surface area contributed by atoms with Crippen LogP contribution in [0.5, 0.6) is 0 Å². The average molecular weight is 184 g/mol. The first-order valence-electron chi connectivity index (χ1n) is 5.38. The smallest absolute Gasteiger partial charge is 0.160 e. The maximum Gasteiger partial charge on any atom is 0.160 e. The highest BCUT2D eigenvalue weighted by Crippen LogP contribution is 2.29. The van der Waals surface area contributed by atoms with Crippen molar-refractivity contribution in [2.75, 3.05) is 6.61 Å². The fraction of sp³-hybridized carbons (Fsp3) is 0.909. The maximum absolute atomic E-state index is 11.1. The van der Waals surface area contributed by atoms with Crippen LogP contribution in [0, 0.1) is 5.92 Å². The van der Waals surface area contributed by atoms with E-state index in [4.69, 9.17) is 4.74 Å². The zero-order valence-electron chi connectivity index (χ0n) is 8.71. The Morgan fingerprint density at radius 1 is 1.54 bits per heavy atom. The van der Waals surface area contributed by atoms with Crippen molar-refractivity contribution in [3.05, 3.63) is 0 Å². The summed E-state index contributed by atoms with van der Waals surface area (Å²) in [5, 5.41) is 0. The molecule has 1 fully saturated rings. The Bertz CT molecular complexity index is 161. The number of ketones is 1. The summed E-state index contributed by atoms with van der Waals surface area (Å²) in [7, 11) is 0. The largest absolute Gasteiger partial charge is 0.371 e. The monoisotopic (exact) mass is 184 g/mol. The first-order chi connectivity index (χ1) is 6.24. The highest BCUT2D eigenvalue weighted by molar-refractivity contribution is 5.82. The third kappa shape index (κ3) is 3.47. The van der Waals surface area contributed by atoms with Crippen LogP contribution in [0.4, 0.5) is 0 Å². The van der Waals surface area contributed by atoms with Crippen LogP contribution in [0.2, 0.25) is 0 Å². The molecule has 1 aliphatic carbocycles. The first-order valence-corrected chi connectivity index (χ1v) is 5.38. The molecule has 2 nitrogen and oxygen atoms in total. The fourth-order valence-electron chi connectivity index (χ4n) is 1.57. The molecular weight excluding hydrogens is 164 g/mol. The van der Waals surface area contributed by atoms with E-state index in [1.54, 1.807) is 0 Å². The van der Waals surface area contributed by atoms with Gasteiger partial charge < -0.3 is 4.74 Å². The SMILES string of the molecule is CCC(=O)C(C)OCCC1CCC1. The molecule has 1 aliphatic rings. The summed E-state index contributed by atoms with van der Waals surface area (Å²) < 4.78 is 5.45. The Morgan fingerprint density at radius 2 is 2.23 bits per heavy atom. The molecule has 1 unspecified atom stereocenters. The Hall–Kier alpha value is -0.370. The molecule has 1 atom stereocenters. The van der Waals surface area contributed by atoms with Gasteiger partial charge in [0, 0.05) is 13.0 Å². The summed E-state index contributed by atoms with van der Waals surface area (Å²) in [6.07, 6.45) is 5.64. The van der Waals surface area contributed by atoms with Gasteiger partial charge in [0.1, 0.15) is 6.10 Å². The summed E-state index contributed by atoms with van der Waals surface area (Å²) in [5.74, 6) is 1.09. The number of carbonyl (C=O) groups excluding carboxylic acids is 1. The van der Waals surface area contributed by atoms with Gasteiger partial charge in [-0.1, -0.05) is 26.2 Å². The summed E-state index contributed by atoms with van der Waals surface area (Å²) in [6.45, 7) is 4.50. The lowest BCUT2D eigenvalue weighted by atomic mass is 9.83. The van der Waals surface area contributed by atoms with E-state index in [0.29, 0.717) is 6.42 Å². The van der Waals surface area contributed by atoms with Gasteiger partial charge in [0.15, 0.2) is 5.78 Å². The van der Waals surface area contributed by atoms with E-state index in [-0.39, 0.29) is 11.9 Å². The van der Waals surface area contributed by atoms with E-state index < -0.39 is 0 Å². The molecule has 0 aromatic heterocycles. The van der Waals surface area contributed by atoms with Gasteiger partial charge in [-0.2, -0.15) is 0 Å². The van der Waals surface area contributed by atoms with E-state index in [1.807, 2.05) is 13.8 Å². The van der Waals surface area contributed by atoms with Crippen LogP contribution in [-0.2, 0) is 9.53 Å². The van der Waals surface area contributed by atoms with E-state index in [9.17, 15) is 4.79 Å². The molecule has 0 bridgehead atoms. The average Bonchev–Trinajstić information content (AvgIpc) is 2.07. The quantitative estimate of drug-likeness (QED) is 0.634. The van der Waals surface area contributed by atoms with Gasteiger partial charge in [0.25, 0.3) is 0 Å². The molecule has 1 rings (SSSR count). The molecule has 1 saturated carbocycles. The summed E-state index contributed by atoms with van der Waals surface area (Å²) in [6, 6.07) is 0. The number of hydrogen-bond donors (Lipinski definition) is 0. The van der Waals surface area contributed by atoms with E-state index in [1.165, 1.54) is 19.3 Å². The first kappa shape index (κ1) is 10.7. The summed E-state index contributed by atoms with van der Waals surface area (Å²) in [5.41, 5.74) is 0. The number of ether oxygens (including phenoxy) is 1. The standard InChI is InChI=1S/C11H20O2/c1-3-11(12)9(2)13-8-7-10-5-4-6-10/h9-10H,3-8H2,1-2H3. The van der Waals surface area contributed by atoms with E-state index in [0.717, 1.165) is 18.9 Å². The molecule has 0 amide bonds. The minimum atomic E-state index is -0.190. The maximum atomic E-state index is 11.1. The Morgan fingerprint density at radius 3 is 2.69 bits per heavy atom. The number of Topliss-reactive ketones (excluding diaryl/α,β-unsaturated/α-hetero) is 1. The number of hydrogen-bond acceptors (Lipinski definition) is 2. The van der Waals surface area contributed by atoms with Crippen LogP contribution < -0.4 is 0 Å². The minimum Gasteiger partial charge on any atom is -0.371 e. The molecule has 0 aliphatic heterocycles. The van der Waals surface area contributed by atoms with E-state index >= 15 is 0 Å². The van der Waals surface area contributed by atoms with Crippen molar-refractivity contribution in [2.24, 2.45) is 5.92 Å². The van der Waals surface area contributed by atoms with Gasteiger partial charge in [0.05, 0.1) is 0 Å². The second kappa shape index (κ2) is 5.38. The molecule has 0 N–H and O–H groups in total. The second-order valence-electron chi connectivity index (χ2n) is 3.92. The number of carbonyl (C=O) groups is 1. The zero-order chi connectivity index (χ0) is 9.68. The van der Waals surface area contributed by atoms with Gasteiger partial charge in [-0.15, -0.1) is 0 Å². The molecule has 0 spiro atoms. The topological polar surface area (TPSA) is 26.3 Å². The van der Waals surface area contributed by atoms with Gasteiger partial charge >= 0.3 is 0 Å². The van der Waals surface area contributed by atoms with Crippen LogP contribution in [0.1, 0.15) is 46.0 Å². The van der Waals surface area contributed by atoms with Crippen LogP contribution in [-0.4, -0.2) is 18.5 Å². The van der Waals surface area contributed by atoms with Crippen molar-refractivity contribution in [3.8, 4) is 0 Å². The Labute approximate surface area is 80.7 Å². The van der Waals surface area contributed by atoms with Crippen molar-refractivity contribution >= 4 is 5.78 Å². The van der Waals surface area contributed by atoms with Crippen molar-refractivity contribution in [2.45, 2.75) is 52.1 Å². The summed E-state index contributed by atoms with van der Waals surface area (Å²) >= 11 is 0. The van der Waals surface area contributed by atoms with Gasteiger partial charge in [0.2, 0.25) is 0 Å². The molecule has 0 radical (unpaired) electrons. The van der Waals surface area contributed by atoms with Crippen molar-refractivity contribution in [3.63, 3.8) is 0 Å². The van der Waals surface area contributed by atoms with Crippen molar-refractivity contribution < 1.29 is 9.53 Å². The molecular formula is C11H20O2. The molecule has 2 heteroatoms. The van der Waals surface area contributed by atoms with Crippen LogP contribution in [0.15, 0.2) is 0 Å². The number of rotatable bonds is 6. The molecule has 0 aromatic rings. The second-order valence-corrected chi connectivity index (χ2v) is 3.92. The normalized spacial score (nSPS) is 19.5. The molecule has 76 valence electrons. The van der Waals surface area contributed by atoms with Gasteiger partial charge in [-0.3, -0.25) is 4.79 Å². The minimum absolute atomic E-state index is 0.190. The van der Waals surface area contributed by atoms with Crippen LogP contribution >= 0.6 is 0 Å². The lowest BCUT2D eigenvalue weighted by Gasteiger charge is -2.25. The van der Waals surface area contributed by atoms with Gasteiger partial charge in [-0.05, 0) is 19.3 Å². The predicted molar refractivity (Wildman–Crippen MR) is 52.7 cm³/mol. The fourth-order valence-corrected chi connectivity index (χ4v) is 1.57. The highest BCUT2D eigenvalue weighted by Gasteiger charge is 2.18. The lowest BCUT2D eigenvalue weighted by Crippen LogP contribution is -2.22. The van der Waals surface area contributed by atoms with Gasteiger partial charge in [-0.25, -0.2) is 0 Å². The zero-order valence-corrected chi connectivity index (χ0v) is 8.71. The molecule has 13 heavy (non-hydrogen) atoms. The Balaban J connectivity index is 2.00. The molecule has 0 heterocycles. The van der Waals surface area contributed by atoms with Crippen LogP contribution in [0.3, 0.4) is 0 Å². The van der Waals surface area contributed by atoms with E-state index in [2.05, 4.69) is 0 Å². The highest BCUT2D eigenvalue weighted by atomic mass is 16.5. The predicted octanol–water partition coefficient (Wildman–Crippen LogP) is 2.56. The summed E-state index contributed by atoms with van der Waals surface area (Å²) in [4.78, 5) is 11.1. The van der Waals surface area contributed by atoms with Crippen molar-refractivity contribution in [1.82, 2.24) is 0 Å². The third-order valence-electron chi connectivity index (χ3n) is 2.92. The molecule has 0 aromatic carbocycles. The Kier molecular flexibility index (Phi) is 4.43. The third-order valence-corrected chi connectivity index (χ3v) is 2.92. The van der Waals surface area contributed by atoms with Crippen molar-refractivity contribution in [1.29, 1.82) is 0 Å². The van der Waals surface area contributed by atoms with Crippen LogP contribution in [0.25, 0.3) is 0 Å². The lowest BCUT2D eigenvalue weighted by molar-refractivity contribution is -0.129.